The fourth-order valence-electron chi connectivity index (χ4n) is 1.01. The van der Waals surface area contributed by atoms with Crippen LogP contribution in [0.2, 0.25) is 0 Å². The lowest BCUT2D eigenvalue weighted by Gasteiger charge is -2.01. The maximum absolute atomic E-state index is 13.2. The van der Waals surface area contributed by atoms with Crippen molar-refractivity contribution in [2.75, 3.05) is 0 Å². The highest BCUT2D eigenvalue weighted by molar-refractivity contribution is 9.10. The zero-order valence-electron chi connectivity index (χ0n) is 7.35. The Bertz CT molecular complexity index is 376. The first-order chi connectivity index (χ1) is 6.56. The van der Waals surface area contributed by atoms with E-state index in [2.05, 4.69) is 15.9 Å². The van der Waals surface area contributed by atoms with Gasteiger partial charge in [0.2, 0.25) is 0 Å². The molecule has 1 aromatic carbocycles. The molecule has 74 valence electrons. The Morgan fingerprint density at radius 3 is 2.29 bits per heavy atom. The number of allylic oxidation sites excluding steroid dienone is 2. The quantitative estimate of drug-likeness (QED) is 0.588. The number of carbonyl (C=O) groups excluding carboxylic acids is 1. The van der Waals surface area contributed by atoms with Crippen molar-refractivity contribution in [3.63, 3.8) is 0 Å². The van der Waals surface area contributed by atoms with E-state index in [0.717, 1.165) is 18.2 Å². The van der Waals surface area contributed by atoms with Gasteiger partial charge in [0, 0.05) is 4.47 Å². The summed E-state index contributed by atoms with van der Waals surface area (Å²) in [7, 11) is 0. The molecule has 0 fully saturated rings. The van der Waals surface area contributed by atoms with E-state index < -0.39 is 23.0 Å². The first-order valence-corrected chi connectivity index (χ1v) is 4.67. The van der Waals surface area contributed by atoms with E-state index in [0.29, 0.717) is 0 Å². The Balaban J connectivity index is 3.27. The van der Waals surface area contributed by atoms with Crippen molar-refractivity contribution >= 4 is 21.7 Å². The van der Waals surface area contributed by atoms with Gasteiger partial charge in [-0.2, -0.15) is 0 Å². The molecule has 0 saturated heterocycles. The van der Waals surface area contributed by atoms with Crippen LogP contribution in [0.5, 0.6) is 0 Å². The van der Waals surface area contributed by atoms with E-state index in [1.54, 1.807) is 6.92 Å². The largest absolute Gasteiger partial charge is 0.289 e. The highest BCUT2D eigenvalue weighted by Gasteiger charge is 2.15. The zero-order valence-corrected chi connectivity index (χ0v) is 8.94. The van der Waals surface area contributed by atoms with Gasteiger partial charge in [-0.15, -0.1) is 0 Å². The molecule has 1 rings (SSSR count). The molecule has 1 aromatic rings. The minimum Gasteiger partial charge on any atom is -0.289 e. The summed E-state index contributed by atoms with van der Waals surface area (Å²) in [6.45, 7) is 1.60. The van der Waals surface area contributed by atoms with Crippen molar-refractivity contribution < 1.29 is 13.6 Å². The molecule has 0 saturated carbocycles. The minimum atomic E-state index is -0.861. The van der Waals surface area contributed by atoms with Crippen molar-refractivity contribution in [2.45, 2.75) is 6.92 Å². The first-order valence-electron chi connectivity index (χ1n) is 3.88. The number of hydrogen-bond acceptors (Lipinski definition) is 1. The summed E-state index contributed by atoms with van der Waals surface area (Å²) >= 11 is 2.93. The fourth-order valence-corrected chi connectivity index (χ4v) is 1.41. The van der Waals surface area contributed by atoms with Gasteiger partial charge < -0.3 is 0 Å². The molecule has 0 aliphatic heterocycles. The number of halogens is 3. The van der Waals surface area contributed by atoms with Crippen molar-refractivity contribution in [1.82, 2.24) is 0 Å². The lowest BCUT2D eigenvalue weighted by Crippen LogP contribution is -2.02. The molecule has 0 amide bonds. The van der Waals surface area contributed by atoms with E-state index in [4.69, 9.17) is 0 Å². The number of hydrogen-bond donors (Lipinski definition) is 0. The summed E-state index contributed by atoms with van der Waals surface area (Å²) in [6, 6.07) is 2.11. The van der Waals surface area contributed by atoms with Gasteiger partial charge in [-0.3, -0.25) is 4.79 Å². The van der Waals surface area contributed by atoms with Crippen LogP contribution in [0.15, 0.2) is 28.8 Å². The van der Waals surface area contributed by atoms with Crippen LogP contribution in [0, 0.1) is 11.6 Å². The molecule has 0 N–H and O–H groups in total. The highest BCUT2D eigenvalue weighted by Crippen LogP contribution is 2.20. The monoisotopic (exact) mass is 260 g/mol. The van der Waals surface area contributed by atoms with Crippen LogP contribution in [-0.2, 0) is 0 Å². The summed E-state index contributed by atoms with van der Waals surface area (Å²) < 4.78 is 26.6. The first kappa shape index (κ1) is 11.0. The molecule has 14 heavy (non-hydrogen) atoms. The van der Waals surface area contributed by atoms with Gasteiger partial charge in [0.05, 0.1) is 5.56 Å². The molecule has 0 unspecified atom stereocenters. The number of carbonyl (C=O) groups is 1. The van der Waals surface area contributed by atoms with Crippen LogP contribution in [0.3, 0.4) is 0 Å². The lowest BCUT2D eigenvalue weighted by molar-refractivity contribution is 0.103. The van der Waals surface area contributed by atoms with E-state index in [1.165, 1.54) is 6.08 Å². The third-order valence-electron chi connectivity index (χ3n) is 1.57. The molecule has 0 bridgehead atoms. The summed E-state index contributed by atoms with van der Waals surface area (Å²) in [4.78, 5) is 11.2. The molecular formula is C10H7BrF2O. The van der Waals surface area contributed by atoms with Crippen LogP contribution in [0.25, 0.3) is 0 Å². The second-order valence-electron chi connectivity index (χ2n) is 2.61. The van der Waals surface area contributed by atoms with E-state index >= 15 is 0 Å². The summed E-state index contributed by atoms with van der Waals surface area (Å²) in [5.41, 5.74) is -0.522. The Morgan fingerprint density at radius 2 is 1.86 bits per heavy atom. The van der Waals surface area contributed by atoms with Crippen molar-refractivity contribution in [3.05, 3.63) is 46.0 Å². The van der Waals surface area contributed by atoms with Gasteiger partial charge in [-0.1, -0.05) is 22.0 Å². The standard InChI is InChI=1S/C10H7BrF2O/c1-2-3-9(14)10-7(12)4-6(11)5-8(10)13/h2-5H,1H3. The Labute approximate surface area is 88.6 Å². The predicted molar refractivity (Wildman–Crippen MR) is 53.2 cm³/mol. The number of rotatable bonds is 2. The van der Waals surface area contributed by atoms with E-state index in [-0.39, 0.29) is 4.47 Å². The minimum absolute atomic E-state index is 0.268. The predicted octanol–water partition coefficient (Wildman–Crippen LogP) is 3.49. The number of ketones is 1. The van der Waals surface area contributed by atoms with Crippen LogP contribution < -0.4 is 0 Å². The Kier molecular flexibility index (Phi) is 3.52. The maximum Gasteiger partial charge on any atom is 0.191 e. The van der Waals surface area contributed by atoms with Gasteiger partial charge in [-0.05, 0) is 25.1 Å². The zero-order chi connectivity index (χ0) is 10.7. The smallest absolute Gasteiger partial charge is 0.191 e. The SMILES string of the molecule is CC=CC(=O)c1c(F)cc(Br)cc1F. The molecular weight excluding hydrogens is 254 g/mol. The summed E-state index contributed by atoms with van der Waals surface area (Å²) in [5.74, 6) is -2.39. The van der Waals surface area contributed by atoms with Crippen molar-refractivity contribution in [1.29, 1.82) is 0 Å². The van der Waals surface area contributed by atoms with Gasteiger partial charge in [-0.25, -0.2) is 8.78 Å². The van der Waals surface area contributed by atoms with Gasteiger partial charge >= 0.3 is 0 Å². The van der Waals surface area contributed by atoms with Crippen molar-refractivity contribution in [2.24, 2.45) is 0 Å². The third kappa shape index (κ3) is 2.26. The molecule has 0 aliphatic carbocycles. The normalized spacial score (nSPS) is 10.9. The fraction of sp³-hybridized carbons (Fsp3) is 0.100. The molecule has 0 atom stereocenters. The molecule has 0 radical (unpaired) electrons. The Morgan fingerprint density at radius 1 is 1.36 bits per heavy atom. The highest BCUT2D eigenvalue weighted by atomic mass is 79.9. The third-order valence-corrected chi connectivity index (χ3v) is 2.03. The van der Waals surface area contributed by atoms with Crippen LogP contribution in [-0.4, -0.2) is 5.78 Å². The Hall–Kier alpha value is -1.03. The van der Waals surface area contributed by atoms with E-state index in [9.17, 15) is 13.6 Å². The molecule has 0 aliphatic rings. The molecule has 4 heteroatoms. The average Bonchev–Trinajstić information content (AvgIpc) is 2.01. The van der Waals surface area contributed by atoms with Gasteiger partial charge in [0.1, 0.15) is 11.6 Å². The van der Waals surface area contributed by atoms with Gasteiger partial charge in [0.25, 0.3) is 0 Å². The number of benzene rings is 1. The van der Waals surface area contributed by atoms with E-state index in [1.807, 2.05) is 0 Å². The van der Waals surface area contributed by atoms with Crippen LogP contribution in [0.1, 0.15) is 17.3 Å². The average molecular weight is 261 g/mol. The lowest BCUT2D eigenvalue weighted by atomic mass is 10.1. The second kappa shape index (κ2) is 4.46. The van der Waals surface area contributed by atoms with Crippen LogP contribution in [0.4, 0.5) is 8.78 Å². The summed E-state index contributed by atoms with van der Waals surface area (Å²) in [5, 5.41) is 0. The topological polar surface area (TPSA) is 17.1 Å². The second-order valence-corrected chi connectivity index (χ2v) is 3.52. The molecule has 0 spiro atoms. The molecule has 0 aromatic heterocycles. The van der Waals surface area contributed by atoms with Gasteiger partial charge in [0.15, 0.2) is 5.78 Å². The maximum atomic E-state index is 13.2. The van der Waals surface area contributed by atoms with Crippen molar-refractivity contribution in [3.8, 4) is 0 Å². The molecule has 1 nitrogen and oxygen atoms in total. The molecule has 0 heterocycles. The van der Waals surface area contributed by atoms with Crippen LogP contribution >= 0.6 is 15.9 Å². The summed E-state index contributed by atoms with van der Waals surface area (Å²) in [6.07, 6.45) is 2.55.